The number of nitrogens with two attached hydrogens (primary N) is 1. The number of hydrogen-bond acceptors (Lipinski definition) is 3. The fourth-order valence-electron chi connectivity index (χ4n) is 1.12. The number of rotatable bonds is 2. The van der Waals surface area contributed by atoms with E-state index in [1.165, 1.54) is 0 Å². The second-order valence-electron chi connectivity index (χ2n) is 3.79. The van der Waals surface area contributed by atoms with Crippen LogP contribution in [0.1, 0.15) is 0 Å². The Bertz CT molecular complexity index is 523. The molecule has 0 aliphatic heterocycles. The molecule has 0 amide bonds. The third-order valence-corrected chi connectivity index (χ3v) is 2.32. The number of nitrogens with one attached hydrogen (secondary N) is 1. The first-order valence-corrected chi connectivity index (χ1v) is 6.72. The second-order valence-corrected chi connectivity index (χ2v) is 5.44. The Morgan fingerprint density at radius 2 is 2.06 bits per heavy atom. The Balaban J connectivity index is 3.00. The lowest BCUT2D eigenvalue weighted by atomic mass is 10.3. The monoisotopic (exact) mass is 256 g/mol. The van der Waals surface area contributed by atoms with Gasteiger partial charge in [0.2, 0.25) is 5.96 Å². The summed E-state index contributed by atoms with van der Waals surface area (Å²) in [6.07, 6.45) is 1.04. The van der Waals surface area contributed by atoms with Crippen LogP contribution in [0.3, 0.4) is 0 Å². The van der Waals surface area contributed by atoms with E-state index in [2.05, 4.69) is 9.71 Å². The van der Waals surface area contributed by atoms with E-state index >= 15 is 0 Å². The lowest BCUT2D eigenvalue weighted by Gasteiger charge is -2.17. The number of sulfonamides is 1. The van der Waals surface area contributed by atoms with E-state index in [9.17, 15) is 8.42 Å². The van der Waals surface area contributed by atoms with Crippen LogP contribution < -0.4 is 11.1 Å². The fraction of sp³-hybridized carbons (Fsp3) is 0.300. The highest BCUT2D eigenvalue weighted by Gasteiger charge is 2.07. The molecule has 0 heterocycles. The standard InChI is InChI=1S/C10H16N4O2S/c1-14(2)10(13-17(3,15)16)12-9-6-4-5-8(11)7-9/h4-7H,11H2,1-3H3,(H,12,13). The van der Waals surface area contributed by atoms with Gasteiger partial charge in [-0.15, -0.1) is 4.40 Å². The summed E-state index contributed by atoms with van der Waals surface area (Å²) in [5.41, 5.74) is 6.90. The van der Waals surface area contributed by atoms with E-state index in [1.807, 2.05) is 0 Å². The molecule has 17 heavy (non-hydrogen) atoms. The van der Waals surface area contributed by atoms with Crippen LogP contribution in [0.25, 0.3) is 0 Å². The van der Waals surface area contributed by atoms with E-state index in [-0.39, 0.29) is 5.96 Å². The number of nitrogen functional groups attached to an aromatic ring is 1. The van der Waals surface area contributed by atoms with Crippen LogP contribution in [0, 0.1) is 0 Å². The van der Waals surface area contributed by atoms with Gasteiger partial charge in [0.05, 0.1) is 6.26 Å². The molecule has 3 N–H and O–H groups in total. The third-order valence-electron chi connectivity index (χ3n) is 1.82. The van der Waals surface area contributed by atoms with Crippen LogP contribution >= 0.6 is 0 Å². The van der Waals surface area contributed by atoms with E-state index in [0.717, 1.165) is 6.26 Å². The Morgan fingerprint density at radius 3 is 2.53 bits per heavy atom. The molecule has 0 saturated heterocycles. The van der Waals surface area contributed by atoms with Gasteiger partial charge in [0, 0.05) is 25.5 Å². The van der Waals surface area contributed by atoms with Gasteiger partial charge in [-0.3, -0.25) is 0 Å². The minimum absolute atomic E-state index is 0.234. The Kier molecular flexibility index (Phi) is 3.95. The predicted molar refractivity (Wildman–Crippen MR) is 70.4 cm³/mol. The lowest BCUT2D eigenvalue weighted by molar-refractivity contribution is 0.596. The SMILES string of the molecule is CN(C)C(=NS(C)(=O)=O)Nc1cccc(N)c1. The van der Waals surface area contributed by atoms with Gasteiger partial charge in [-0.25, -0.2) is 8.42 Å². The molecule has 0 fully saturated rings. The normalized spacial score (nSPS) is 12.3. The van der Waals surface area contributed by atoms with Gasteiger partial charge in [-0.1, -0.05) is 6.07 Å². The fourth-order valence-corrected chi connectivity index (χ4v) is 1.64. The number of hydrogen-bond donors (Lipinski definition) is 2. The van der Waals surface area contributed by atoms with Crippen molar-refractivity contribution < 1.29 is 8.42 Å². The first-order chi connectivity index (χ1) is 7.78. The van der Waals surface area contributed by atoms with Crippen molar-refractivity contribution in [1.82, 2.24) is 4.90 Å². The summed E-state index contributed by atoms with van der Waals surface area (Å²) in [5.74, 6) is 0.234. The van der Waals surface area contributed by atoms with Gasteiger partial charge in [-0.05, 0) is 18.2 Å². The maximum absolute atomic E-state index is 11.1. The molecule has 94 valence electrons. The van der Waals surface area contributed by atoms with Crippen LogP contribution in [0.2, 0.25) is 0 Å². The first kappa shape index (κ1) is 13.3. The molecule has 6 nitrogen and oxygen atoms in total. The van der Waals surface area contributed by atoms with Gasteiger partial charge in [0.25, 0.3) is 10.0 Å². The summed E-state index contributed by atoms with van der Waals surface area (Å²) in [6.45, 7) is 0. The van der Waals surface area contributed by atoms with Gasteiger partial charge >= 0.3 is 0 Å². The first-order valence-electron chi connectivity index (χ1n) is 4.88. The van der Waals surface area contributed by atoms with Crippen LogP contribution in [0.5, 0.6) is 0 Å². The predicted octanol–water partition coefficient (Wildman–Crippen LogP) is 0.558. The van der Waals surface area contributed by atoms with Gasteiger partial charge < -0.3 is 16.0 Å². The number of anilines is 2. The molecule has 0 unspecified atom stereocenters. The van der Waals surface area contributed by atoms with Crippen molar-refractivity contribution in [1.29, 1.82) is 0 Å². The quantitative estimate of drug-likeness (QED) is 0.458. The maximum Gasteiger partial charge on any atom is 0.253 e. The lowest BCUT2D eigenvalue weighted by Crippen LogP contribution is -2.30. The highest BCUT2D eigenvalue weighted by Crippen LogP contribution is 2.12. The van der Waals surface area contributed by atoms with E-state index in [4.69, 9.17) is 5.73 Å². The average Bonchev–Trinajstić information content (AvgIpc) is 2.14. The van der Waals surface area contributed by atoms with Crippen molar-refractivity contribution in [3.8, 4) is 0 Å². The topological polar surface area (TPSA) is 87.8 Å². The summed E-state index contributed by atoms with van der Waals surface area (Å²) < 4.78 is 25.8. The third kappa shape index (κ3) is 4.73. The van der Waals surface area contributed by atoms with E-state index < -0.39 is 10.0 Å². The molecule has 7 heteroatoms. The summed E-state index contributed by atoms with van der Waals surface area (Å²) in [7, 11) is -0.0506. The number of nitrogens with zero attached hydrogens (tertiary/aromatic N) is 2. The molecule has 0 aliphatic rings. The van der Waals surface area contributed by atoms with Crippen molar-refractivity contribution in [3.05, 3.63) is 24.3 Å². The van der Waals surface area contributed by atoms with Gasteiger partial charge in [0.15, 0.2) is 0 Å². The molecule has 1 rings (SSSR count). The summed E-state index contributed by atoms with van der Waals surface area (Å²) in [4.78, 5) is 1.57. The zero-order chi connectivity index (χ0) is 13.1. The average molecular weight is 256 g/mol. The molecule has 0 atom stereocenters. The highest BCUT2D eigenvalue weighted by atomic mass is 32.2. The van der Waals surface area contributed by atoms with E-state index in [0.29, 0.717) is 11.4 Å². The Labute approximate surface area is 101 Å². The van der Waals surface area contributed by atoms with Crippen molar-refractivity contribution >= 4 is 27.4 Å². The van der Waals surface area contributed by atoms with Crippen molar-refractivity contribution in [2.24, 2.45) is 4.40 Å². The summed E-state index contributed by atoms with van der Waals surface area (Å²) >= 11 is 0. The van der Waals surface area contributed by atoms with Crippen LogP contribution in [-0.4, -0.2) is 39.6 Å². The molecule has 1 aromatic rings. The molecular formula is C10H16N4O2S. The van der Waals surface area contributed by atoms with Crippen molar-refractivity contribution in [3.63, 3.8) is 0 Å². The van der Waals surface area contributed by atoms with Crippen LogP contribution in [-0.2, 0) is 10.0 Å². The zero-order valence-electron chi connectivity index (χ0n) is 10.0. The minimum Gasteiger partial charge on any atom is -0.399 e. The largest absolute Gasteiger partial charge is 0.399 e. The highest BCUT2D eigenvalue weighted by molar-refractivity contribution is 7.89. The Hall–Kier alpha value is -1.76. The molecule has 0 aliphatic carbocycles. The smallest absolute Gasteiger partial charge is 0.253 e. The molecular weight excluding hydrogens is 240 g/mol. The number of guanidine groups is 1. The van der Waals surface area contributed by atoms with Gasteiger partial charge in [-0.2, -0.15) is 0 Å². The zero-order valence-corrected chi connectivity index (χ0v) is 10.8. The molecule has 0 bridgehead atoms. The molecule has 0 aromatic heterocycles. The van der Waals surface area contributed by atoms with Crippen molar-refractivity contribution in [2.75, 3.05) is 31.4 Å². The second kappa shape index (κ2) is 5.05. The van der Waals surface area contributed by atoms with Gasteiger partial charge in [0.1, 0.15) is 0 Å². The summed E-state index contributed by atoms with van der Waals surface area (Å²) in [5, 5.41) is 2.89. The summed E-state index contributed by atoms with van der Waals surface area (Å²) in [6, 6.07) is 6.98. The van der Waals surface area contributed by atoms with Crippen LogP contribution in [0.15, 0.2) is 28.7 Å². The van der Waals surface area contributed by atoms with Crippen LogP contribution in [0.4, 0.5) is 11.4 Å². The minimum atomic E-state index is -3.45. The molecule has 0 spiro atoms. The molecule has 0 radical (unpaired) electrons. The maximum atomic E-state index is 11.1. The Morgan fingerprint density at radius 1 is 1.41 bits per heavy atom. The van der Waals surface area contributed by atoms with Crippen molar-refractivity contribution in [2.45, 2.75) is 0 Å². The van der Waals surface area contributed by atoms with E-state index in [1.54, 1.807) is 43.3 Å². The molecule has 1 aromatic carbocycles. The number of benzene rings is 1. The molecule has 0 saturated carbocycles.